The Hall–Kier alpha value is -1.69. The van der Waals surface area contributed by atoms with Crippen LogP contribution in [0, 0.1) is 12.8 Å². The van der Waals surface area contributed by atoms with Crippen molar-refractivity contribution in [3.8, 4) is 0 Å². The summed E-state index contributed by atoms with van der Waals surface area (Å²) < 4.78 is 0. The van der Waals surface area contributed by atoms with E-state index >= 15 is 0 Å². The number of rotatable bonds is 5. The first-order valence-electron chi connectivity index (χ1n) is 6.63. The van der Waals surface area contributed by atoms with E-state index in [2.05, 4.69) is 27.1 Å². The van der Waals surface area contributed by atoms with Gasteiger partial charge in [-0.3, -0.25) is 0 Å². The van der Waals surface area contributed by atoms with Gasteiger partial charge in [-0.25, -0.2) is 14.8 Å². The number of nitrogens with zero attached hydrogens (tertiary/aromatic N) is 3. The van der Waals surface area contributed by atoms with Crippen LogP contribution >= 0.6 is 0 Å². The fraction of sp³-hybridized carbons (Fsp3) is 0.615. The Bertz CT molecular complexity index is 464. The smallest absolute Gasteiger partial charge is 0.339 e. The van der Waals surface area contributed by atoms with Gasteiger partial charge in [0.25, 0.3) is 0 Å². The molecular weight excluding hydrogens is 244 g/mol. The van der Waals surface area contributed by atoms with Crippen molar-refractivity contribution in [1.82, 2.24) is 14.9 Å². The summed E-state index contributed by atoms with van der Waals surface area (Å²) in [5.74, 6) is 0.138. The van der Waals surface area contributed by atoms with Gasteiger partial charge in [0, 0.05) is 19.3 Å². The van der Waals surface area contributed by atoms with Crippen LogP contribution in [0.5, 0.6) is 0 Å². The van der Waals surface area contributed by atoms with Gasteiger partial charge < -0.3 is 15.3 Å². The third-order valence-electron chi connectivity index (χ3n) is 3.58. The molecule has 0 amide bonds. The molecule has 6 nitrogen and oxygen atoms in total. The second-order valence-electron chi connectivity index (χ2n) is 4.93. The lowest BCUT2D eigenvalue weighted by Gasteiger charge is -2.14. The van der Waals surface area contributed by atoms with Gasteiger partial charge in [-0.05, 0) is 32.4 Å². The minimum Gasteiger partial charge on any atom is -0.478 e. The van der Waals surface area contributed by atoms with Crippen LogP contribution < -0.4 is 5.32 Å². The first-order chi connectivity index (χ1) is 9.10. The Morgan fingerprint density at radius 3 is 3.00 bits per heavy atom. The maximum atomic E-state index is 10.9. The minimum atomic E-state index is -0.988. The quantitative estimate of drug-likeness (QED) is 0.833. The van der Waals surface area contributed by atoms with Crippen LogP contribution in [0.4, 0.5) is 5.95 Å². The fourth-order valence-electron chi connectivity index (χ4n) is 2.36. The van der Waals surface area contributed by atoms with Crippen molar-refractivity contribution in [3.05, 3.63) is 17.5 Å². The molecule has 1 aromatic rings. The third kappa shape index (κ3) is 3.41. The summed E-state index contributed by atoms with van der Waals surface area (Å²) in [6.07, 6.45) is 2.55. The third-order valence-corrected chi connectivity index (χ3v) is 3.58. The Morgan fingerprint density at radius 2 is 2.42 bits per heavy atom. The van der Waals surface area contributed by atoms with Gasteiger partial charge in [0.1, 0.15) is 0 Å². The molecular formula is C13H20N4O2. The monoisotopic (exact) mass is 264 g/mol. The Morgan fingerprint density at radius 1 is 1.63 bits per heavy atom. The van der Waals surface area contributed by atoms with Gasteiger partial charge in [0.05, 0.1) is 11.3 Å². The number of nitrogens with one attached hydrogen (secondary N) is 1. The molecule has 0 spiro atoms. The largest absolute Gasteiger partial charge is 0.478 e. The molecule has 1 aromatic heterocycles. The van der Waals surface area contributed by atoms with Gasteiger partial charge in [-0.15, -0.1) is 0 Å². The van der Waals surface area contributed by atoms with Gasteiger partial charge in [0.2, 0.25) is 5.95 Å². The lowest BCUT2D eigenvalue weighted by molar-refractivity contribution is 0.0695. The van der Waals surface area contributed by atoms with Gasteiger partial charge in [0.15, 0.2) is 0 Å². The maximum Gasteiger partial charge on any atom is 0.339 e. The summed E-state index contributed by atoms with van der Waals surface area (Å²) in [4.78, 5) is 21.5. The number of anilines is 1. The lowest BCUT2D eigenvalue weighted by atomic mass is 10.1. The van der Waals surface area contributed by atoms with E-state index < -0.39 is 5.97 Å². The predicted octanol–water partition coefficient (Wildman–Crippen LogP) is 1.24. The van der Waals surface area contributed by atoms with E-state index in [0.29, 0.717) is 17.6 Å². The van der Waals surface area contributed by atoms with E-state index in [0.717, 1.165) is 26.2 Å². The number of carboxylic acids is 1. The SMILES string of the molecule is CCN1CCC(CNc2ncc(C(=O)O)c(C)n2)C1. The molecule has 6 heteroatoms. The van der Waals surface area contributed by atoms with E-state index in [9.17, 15) is 4.79 Å². The van der Waals surface area contributed by atoms with Crippen molar-refractivity contribution < 1.29 is 9.90 Å². The molecule has 2 rings (SSSR count). The van der Waals surface area contributed by atoms with Crippen molar-refractivity contribution in [2.75, 3.05) is 31.5 Å². The summed E-state index contributed by atoms with van der Waals surface area (Å²) >= 11 is 0. The Balaban J connectivity index is 1.90. The van der Waals surface area contributed by atoms with E-state index in [1.807, 2.05) is 0 Å². The van der Waals surface area contributed by atoms with Crippen LogP contribution in [0.3, 0.4) is 0 Å². The number of aromatic nitrogens is 2. The standard InChI is InChI=1S/C13H20N4O2/c1-3-17-5-4-10(8-17)6-14-13-15-7-11(12(18)19)9(2)16-13/h7,10H,3-6,8H2,1-2H3,(H,18,19)(H,14,15,16). The molecule has 1 fully saturated rings. The summed E-state index contributed by atoms with van der Waals surface area (Å²) in [6.45, 7) is 8.05. The molecule has 104 valence electrons. The van der Waals surface area contributed by atoms with Crippen molar-refractivity contribution in [2.45, 2.75) is 20.3 Å². The Kier molecular flexibility index (Phi) is 4.31. The highest BCUT2D eigenvalue weighted by Gasteiger charge is 2.21. The van der Waals surface area contributed by atoms with Crippen LogP contribution in [-0.2, 0) is 0 Å². The van der Waals surface area contributed by atoms with Gasteiger partial charge in [-0.1, -0.05) is 6.92 Å². The van der Waals surface area contributed by atoms with Crippen LogP contribution in [0.25, 0.3) is 0 Å². The number of likely N-dealkylation sites (tertiary alicyclic amines) is 1. The first kappa shape index (κ1) is 13.7. The average molecular weight is 264 g/mol. The van der Waals surface area contributed by atoms with Crippen molar-refractivity contribution in [3.63, 3.8) is 0 Å². The van der Waals surface area contributed by atoms with Gasteiger partial charge >= 0.3 is 5.97 Å². The van der Waals surface area contributed by atoms with E-state index in [-0.39, 0.29) is 5.56 Å². The molecule has 19 heavy (non-hydrogen) atoms. The first-order valence-corrected chi connectivity index (χ1v) is 6.63. The van der Waals surface area contributed by atoms with Crippen LogP contribution in [0.1, 0.15) is 29.4 Å². The average Bonchev–Trinajstić information content (AvgIpc) is 2.84. The zero-order chi connectivity index (χ0) is 13.8. The highest BCUT2D eigenvalue weighted by molar-refractivity contribution is 5.88. The van der Waals surface area contributed by atoms with Crippen LogP contribution in [0.15, 0.2) is 6.20 Å². The van der Waals surface area contributed by atoms with E-state index in [4.69, 9.17) is 5.11 Å². The van der Waals surface area contributed by atoms with Crippen LogP contribution in [0.2, 0.25) is 0 Å². The molecule has 0 aromatic carbocycles. The molecule has 2 heterocycles. The molecule has 1 unspecified atom stereocenters. The highest BCUT2D eigenvalue weighted by Crippen LogP contribution is 2.16. The normalized spacial score (nSPS) is 19.6. The van der Waals surface area contributed by atoms with Crippen molar-refractivity contribution in [2.24, 2.45) is 5.92 Å². The number of carbonyl (C=O) groups is 1. The minimum absolute atomic E-state index is 0.156. The van der Waals surface area contributed by atoms with E-state index in [1.54, 1.807) is 6.92 Å². The molecule has 1 atom stereocenters. The molecule has 0 aliphatic carbocycles. The molecule has 0 radical (unpaired) electrons. The summed E-state index contributed by atoms with van der Waals surface area (Å²) in [7, 11) is 0. The fourth-order valence-corrected chi connectivity index (χ4v) is 2.36. The van der Waals surface area contributed by atoms with Crippen LogP contribution in [-0.4, -0.2) is 52.1 Å². The van der Waals surface area contributed by atoms with Crippen molar-refractivity contribution in [1.29, 1.82) is 0 Å². The summed E-state index contributed by atoms with van der Waals surface area (Å²) in [5, 5.41) is 12.1. The predicted molar refractivity (Wildman–Crippen MR) is 72.4 cm³/mol. The Labute approximate surface area is 112 Å². The van der Waals surface area contributed by atoms with E-state index in [1.165, 1.54) is 12.6 Å². The number of hydrogen-bond donors (Lipinski definition) is 2. The number of aromatic carboxylic acids is 1. The molecule has 2 N–H and O–H groups in total. The molecule has 1 saturated heterocycles. The zero-order valence-electron chi connectivity index (χ0n) is 11.4. The zero-order valence-corrected chi connectivity index (χ0v) is 11.4. The number of aryl methyl sites for hydroxylation is 1. The topological polar surface area (TPSA) is 78.4 Å². The molecule has 0 saturated carbocycles. The molecule has 0 bridgehead atoms. The molecule has 1 aliphatic heterocycles. The second-order valence-corrected chi connectivity index (χ2v) is 4.93. The van der Waals surface area contributed by atoms with Crippen molar-refractivity contribution >= 4 is 11.9 Å². The second kappa shape index (κ2) is 5.97. The summed E-state index contributed by atoms with van der Waals surface area (Å²) in [5.41, 5.74) is 0.648. The highest BCUT2D eigenvalue weighted by atomic mass is 16.4. The number of carboxylic acid groups (broad SMARTS) is 1. The summed E-state index contributed by atoms with van der Waals surface area (Å²) in [6, 6.07) is 0. The number of hydrogen-bond acceptors (Lipinski definition) is 5. The van der Waals surface area contributed by atoms with Gasteiger partial charge in [-0.2, -0.15) is 0 Å². The lowest BCUT2D eigenvalue weighted by Crippen LogP contribution is -2.23. The maximum absolute atomic E-state index is 10.9. The molecule has 1 aliphatic rings.